The van der Waals surface area contributed by atoms with Crippen LogP contribution in [0.4, 0.5) is 0 Å². The lowest BCUT2D eigenvalue weighted by molar-refractivity contribution is -0.287. The summed E-state index contributed by atoms with van der Waals surface area (Å²) in [5.41, 5.74) is 0. The van der Waals surface area contributed by atoms with E-state index in [1.807, 2.05) is 19.9 Å². The van der Waals surface area contributed by atoms with Crippen molar-refractivity contribution in [3.8, 4) is 0 Å². The fraction of sp³-hybridized carbons (Fsp3) is 0.833. The van der Waals surface area contributed by atoms with Crippen LogP contribution in [0.15, 0.2) is 12.3 Å². The van der Waals surface area contributed by atoms with E-state index in [1.165, 1.54) is 0 Å². The minimum atomic E-state index is -0.172. The fourth-order valence-corrected chi connectivity index (χ4v) is 1.90. The van der Waals surface area contributed by atoms with Gasteiger partial charge in [-0.25, -0.2) is 0 Å². The van der Waals surface area contributed by atoms with Gasteiger partial charge < -0.3 is 14.2 Å². The summed E-state index contributed by atoms with van der Waals surface area (Å²) >= 11 is 0. The number of hydrogen-bond acceptors (Lipinski definition) is 3. The van der Waals surface area contributed by atoms with Crippen molar-refractivity contribution in [1.29, 1.82) is 0 Å². The van der Waals surface area contributed by atoms with E-state index in [0.29, 0.717) is 18.4 Å². The van der Waals surface area contributed by atoms with Gasteiger partial charge in [-0.1, -0.05) is 19.9 Å². The maximum atomic E-state index is 5.76. The zero-order chi connectivity index (χ0) is 11.3. The molecule has 88 valence electrons. The highest BCUT2D eigenvalue weighted by atomic mass is 16.8. The summed E-state index contributed by atoms with van der Waals surface area (Å²) in [6, 6.07) is 0. The SMILES string of the molecule is C/C=C/OC1OC(OCC)C(C)CC1C. The Balaban J connectivity index is 2.50. The van der Waals surface area contributed by atoms with Crippen LogP contribution in [0.1, 0.15) is 34.1 Å². The van der Waals surface area contributed by atoms with E-state index < -0.39 is 0 Å². The summed E-state index contributed by atoms with van der Waals surface area (Å²) in [7, 11) is 0. The third-order valence-electron chi connectivity index (χ3n) is 2.62. The van der Waals surface area contributed by atoms with E-state index in [0.717, 1.165) is 6.42 Å². The molecule has 0 aromatic carbocycles. The second kappa shape index (κ2) is 6.13. The van der Waals surface area contributed by atoms with Crippen molar-refractivity contribution >= 4 is 0 Å². The molecular weight excluding hydrogens is 192 g/mol. The van der Waals surface area contributed by atoms with E-state index in [-0.39, 0.29) is 12.6 Å². The lowest BCUT2D eigenvalue weighted by Crippen LogP contribution is -2.41. The van der Waals surface area contributed by atoms with Crippen LogP contribution in [0.2, 0.25) is 0 Å². The predicted molar refractivity (Wildman–Crippen MR) is 59.1 cm³/mol. The van der Waals surface area contributed by atoms with E-state index >= 15 is 0 Å². The van der Waals surface area contributed by atoms with Gasteiger partial charge in [0, 0.05) is 18.4 Å². The summed E-state index contributed by atoms with van der Waals surface area (Å²) in [6.07, 6.45) is 4.33. The first-order valence-electron chi connectivity index (χ1n) is 5.72. The largest absolute Gasteiger partial charge is 0.473 e. The van der Waals surface area contributed by atoms with Gasteiger partial charge in [-0.3, -0.25) is 0 Å². The summed E-state index contributed by atoms with van der Waals surface area (Å²) < 4.78 is 16.8. The van der Waals surface area contributed by atoms with Gasteiger partial charge in [-0.05, 0) is 20.3 Å². The molecule has 1 saturated heterocycles. The third kappa shape index (κ3) is 3.50. The van der Waals surface area contributed by atoms with Crippen LogP contribution in [0.25, 0.3) is 0 Å². The van der Waals surface area contributed by atoms with E-state index in [2.05, 4.69) is 13.8 Å². The first-order chi connectivity index (χ1) is 7.19. The van der Waals surface area contributed by atoms with Crippen molar-refractivity contribution in [2.24, 2.45) is 11.8 Å². The van der Waals surface area contributed by atoms with Gasteiger partial charge in [0.15, 0.2) is 6.29 Å². The molecule has 0 radical (unpaired) electrons. The molecule has 1 fully saturated rings. The molecule has 0 aromatic heterocycles. The van der Waals surface area contributed by atoms with Crippen LogP contribution in [0, 0.1) is 11.8 Å². The normalized spacial score (nSPS) is 37.1. The molecule has 1 aliphatic heterocycles. The van der Waals surface area contributed by atoms with Crippen molar-refractivity contribution in [2.75, 3.05) is 6.61 Å². The van der Waals surface area contributed by atoms with Crippen LogP contribution in [-0.2, 0) is 14.2 Å². The van der Waals surface area contributed by atoms with Gasteiger partial charge in [0.25, 0.3) is 0 Å². The lowest BCUT2D eigenvalue weighted by atomic mass is 9.93. The molecule has 3 heteroatoms. The molecule has 0 spiro atoms. The summed E-state index contributed by atoms with van der Waals surface area (Å²) in [5.74, 6) is 0.846. The Kier molecular flexibility index (Phi) is 5.12. The highest BCUT2D eigenvalue weighted by Crippen LogP contribution is 2.30. The second-order valence-electron chi connectivity index (χ2n) is 4.12. The highest BCUT2D eigenvalue weighted by Gasteiger charge is 2.34. The molecule has 15 heavy (non-hydrogen) atoms. The minimum absolute atomic E-state index is 0.124. The maximum Gasteiger partial charge on any atom is 0.204 e. The van der Waals surface area contributed by atoms with E-state index in [9.17, 15) is 0 Å². The summed E-state index contributed by atoms with van der Waals surface area (Å²) in [5, 5.41) is 0. The Labute approximate surface area is 92.4 Å². The molecule has 0 amide bonds. The van der Waals surface area contributed by atoms with Crippen molar-refractivity contribution in [3.63, 3.8) is 0 Å². The smallest absolute Gasteiger partial charge is 0.204 e. The quantitative estimate of drug-likeness (QED) is 0.673. The predicted octanol–water partition coefficient (Wildman–Crippen LogP) is 2.92. The average Bonchev–Trinajstić information content (AvgIpc) is 2.20. The summed E-state index contributed by atoms with van der Waals surface area (Å²) in [6.45, 7) is 8.89. The van der Waals surface area contributed by atoms with Gasteiger partial charge in [0.1, 0.15) is 0 Å². The number of hydrogen-bond donors (Lipinski definition) is 0. The first-order valence-corrected chi connectivity index (χ1v) is 5.72. The molecule has 0 N–H and O–H groups in total. The van der Waals surface area contributed by atoms with Crippen molar-refractivity contribution in [2.45, 2.75) is 46.7 Å². The molecule has 4 unspecified atom stereocenters. The standard InChI is InChI=1S/C12H22O3/c1-5-7-14-12-10(4)8-9(3)11(15-12)13-6-2/h5,7,9-12H,6,8H2,1-4H3/b7-5+. The molecule has 1 aliphatic rings. The number of rotatable bonds is 4. The van der Waals surface area contributed by atoms with Gasteiger partial charge >= 0.3 is 0 Å². The van der Waals surface area contributed by atoms with Crippen LogP contribution >= 0.6 is 0 Å². The Hall–Kier alpha value is -0.540. The Bertz CT molecular complexity index is 203. The Morgan fingerprint density at radius 3 is 2.53 bits per heavy atom. The van der Waals surface area contributed by atoms with Gasteiger partial charge in [-0.15, -0.1) is 0 Å². The molecule has 4 atom stereocenters. The molecule has 1 rings (SSSR count). The van der Waals surface area contributed by atoms with Gasteiger partial charge in [0.2, 0.25) is 6.29 Å². The number of allylic oxidation sites excluding steroid dienone is 1. The van der Waals surface area contributed by atoms with Crippen LogP contribution < -0.4 is 0 Å². The Morgan fingerprint density at radius 1 is 1.27 bits per heavy atom. The first kappa shape index (κ1) is 12.5. The van der Waals surface area contributed by atoms with Crippen LogP contribution in [0.5, 0.6) is 0 Å². The third-order valence-corrected chi connectivity index (χ3v) is 2.62. The van der Waals surface area contributed by atoms with Gasteiger partial charge in [0.05, 0.1) is 6.26 Å². The average molecular weight is 214 g/mol. The lowest BCUT2D eigenvalue weighted by Gasteiger charge is -2.37. The van der Waals surface area contributed by atoms with Crippen molar-refractivity contribution in [3.05, 3.63) is 12.3 Å². The molecule has 0 saturated carbocycles. The molecule has 0 bridgehead atoms. The maximum absolute atomic E-state index is 5.76. The van der Waals surface area contributed by atoms with Crippen LogP contribution in [-0.4, -0.2) is 19.2 Å². The minimum Gasteiger partial charge on any atom is -0.473 e. The zero-order valence-corrected chi connectivity index (χ0v) is 10.1. The Morgan fingerprint density at radius 2 is 1.93 bits per heavy atom. The number of ether oxygens (including phenoxy) is 3. The zero-order valence-electron chi connectivity index (χ0n) is 10.1. The molecular formula is C12H22O3. The topological polar surface area (TPSA) is 27.7 Å². The second-order valence-corrected chi connectivity index (χ2v) is 4.12. The molecule has 0 aromatic rings. The molecule has 0 aliphatic carbocycles. The van der Waals surface area contributed by atoms with Crippen LogP contribution in [0.3, 0.4) is 0 Å². The van der Waals surface area contributed by atoms with Crippen molar-refractivity contribution in [1.82, 2.24) is 0 Å². The monoisotopic (exact) mass is 214 g/mol. The highest BCUT2D eigenvalue weighted by molar-refractivity contribution is 4.75. The summed E-state index contributed by atoms with van der Waals surface area (Å²) in [4.78, 5) is 0. The van der Waals surface area contributed by atoms with Crippen molar-refractivity contribution < 1.29 is 14.2 Å². The fourth-order valence-electron chi connectivity index (χ4n) is 1.90. The van der Waals surface area contributed by atoms with E-state index in [4.69, 9.17) is 14.2 Å². The van der Waals surface area contributed by atoms with Gasteiger partial charge in [-0.2, -0.15) is 0 Å². The molecule has 1 heterocycles. The van der Waals surface area contributed by atoms with E-state index in [1.54, 1.807) is 6.26 Å². The molecule has 3 nitrogen and oxygen atoms in total.